The van der Waals surface area contributed by atoms with Crippen molar-refractivity contribution in [2.45, 2.75) is 6.42 Å². The average molecular weight is 266 g/mol. The average Bonchev–Trinajstić information content (AvgIpc) is 2.65. The molecule has 3 rings (SSSR count). The second-order valence-electron chi connectivity index (χ2n) is 4.01. The molecule has 0 saturated heterocycles. The van der Waals surface area contributed by atoms with Crippen LogP contribution in [0.15, 0.2) is 18.2 Å². The molecule has 1 aromatic heterocycles. The molecule has 1 aliphatic heterocycles. The van der Waals surface area contributed by atoms with Crippen LogP contribution in [0.5, 0.6) is 11.5 Å². The number of benzene rings is 1. The van der Waals surface area contributed by atoms with Crippen molar-refractivity contribution in [1.82, 2.24) is 10.2 Å². The summed E-state index contributed by atoms with van der Waals surface area (Å²) in [5.74, 6) is 1.68. The second kappa shape index (κ2) is 4.42. The lowest BCUT2D eigenvalue weighted by atomic mass is 10.1. The Labute approximate surface area is 109 Å². The van der Waals surface area contributed by atoms with E-state index in [0.717, 1.165) is 17.7 Å². The first-order valence-electron chi connectivity index (χ1n) is 5.65. The molecule has 1 aliphatic rings. The van der Waals surface area contributed by atoms with Crippen molar-refractivity contribution in [3.8, 4) is 22.8 Å². The van der Waals surface area contributed by atoms with Gasteiger partial charge in [0.25, 0.3) is 0 Å². The summed E-state index contributed by atoms with van der Waals surface area (Å²) in [6, 6.07) is 5.44. The molecule has 2 aromatic rings. The van der Waals surface area contributed by atoms with Crippen LogP contribution in [0.4, 0.5) is 5.82 Å². The Balaban J connectivity index is 2.09. The molecule has 3 N–H and O–H groups in total. The third-order valence-corrected chi connectivity index (χ3v) is 3.12. The van der Waals surface area contributed by atoms with Crippen LogP contribution in [0.2, 0.25) is 5.02 Å². The minimum Gasteiger partial charge on any atom is -0.490 e. The van der Waals surface area contributed by atoms with Gasteiger partial charge in [-0.1, -0.05) is 11.6 Å². The Hall–Kier alpha value is -1.88. The highest BCUT2D eigenvalue weighted by molar-refractivity contribution is 6.35. The maximum atomic E-state index is 6.35. The van der Waals surface area contributed by atoms with Crippen molar-refractivity contribution >= 4 is 17.4 Å². The number of rotatable bonds is 1. The molecule has 0 spiro atoms. The highest BCUT2D eigenvalue weighted by Crippen LogP contribution is 2.42. The lowest BCUT2D eigenvalue weighted by Crippen LogP contribution is -1.97. The Morgan fingerprint density at radius 3 is 2.89 bits per heavy atom. The molecule has 1 aromatic carbocycles. The number of fused-ring (bicyclic) bond motifs is 1. The van der Waals surface area contributed by atoms with E-state index in [0.29, 0.717) is 35.6 Å². The summed E-state index contributed by atoms with van der Waals surface area (Å²) in [5, 5.41) is 7.23. The van der Waals surface area contributed by atoms with Crippen molar-refractivity contribution in [2.24, 2.45) is 0 Å². The highest BCUT2D eigenvalue weighted by Gasteiger charge is 2.18. The summed E-state index contributed by atoms with van der Waals surface area (Å²) < 4.78 is 11.2. The van der Waals surface area contributed by atoms with Crippen LogP contribution >= 0.6 is 11.6 Å². The second-order valence-corrected chi connectivity index (χ2v) is 4.39. The van der Waals surface area contributed by atoms with Crippen LogP contribution in [0.1, 0.15) is 6.42 Å². The van der Waals surface area contributed by atoms with E-state index in [1.807, 2.05) is 12.1 Å². The molecule has 0 atom stereocenters. The standard InChI is InChI=1S/C12H12ClN3O2/c13-11-7(8-6-10(14)16-15-8)2-3-9-12(11)18-5-1-4-17-9/h2-3,6H,1,4-5H2,(H3,14,15,16). The fourth-order valence-corrected chi connectivity index (χ4v) is 2.20. The maximum absolute atomic E-state index is 6.35. The first kappa shape index (κ1) is 11.2. The number of nitrogens with zero attached hydrogens (tertiary/aromatic N) is 1. The molecular weight excluding hydrogens is 254 g/mol. The first-order valence-corrected chi connectivity index (χ1v) is 6.03. The van der Waals surface area contributed by atoms with Crippen LogP contribution < -0.4 is 15.2 Å². The van der Waals surface area contributed by atoms with Gasteiger partial charge in [-0.05, 0) is 12.1 Å². The third kappa shape index (κ3) is 1.86. The number of halogens is 1. The molecule has 0 fully saturated rings. The van der Waals surface area contributed by atoms with Crippen LogP contribution in [-0.4, -0.2) is 23.4 Å². The molecule has 18 heavy (non-hydrogen) atoms. The molecular formula is C12H12ClN3O2. The number of aromatic nitrogens is 2. The Kier molecular flexibility index (Phi) is 2.76. The number of nitrogens with one attached hydrogen (secondary N) is 1. The molecule has 2 heterocycles. The number of nitrogens with two attached hydrogens (primary N) is 1. The van der Waals surface area contributed by atoms with E-state index in [9.17, 15) is 0 Å². The molecule has 0 aliphatic carbocycles. The third-order valence-electron chi connectivity index (χ3n) is 2.74. The van der Waals surface area contributed by atoms with Crippen molar-refractivity contribution in [3.63, 3.8) is 0 Å². The Morgan fingerprint density at radius 2 is 2.11 bits per heavy atom. The van der Waals surface area contributed by atoms with Gasteiger partial charge in [-0.25, -0.2) is 0 Å². The Morgan fingerprint density at radius 1 is 1.28 bits per heavy atom. The summed E-state index contributed by atoms with van der Waals surface area (Å²) in [6.07, 6.45) is 0.845. The van der Waals surface area contributed by atoms with Crippen LogP contribution in [0, 0.1) is 0 Å². The molecule has 5 nitrogen and oxygen atoms in total. The molecule has 0 amide bonds. The van der Waals surface area contributed by atoms with E-state index in [-0.39, 0.29) is 0 Å². The van der Waals surface area contributed by atoms with Crippen molar-refractivity contribution in [2.75, 3.05) is 18.9 Å². The molecule has 0 unspecified atom stereocenters. The summed E-state index contributed by atoms with van der Waals surface area (Å²) in [4.78, 5) is 0. The number of hydrogen-bond acceptors (Lipinski definition) is 4. The van der Waals surface area contributed by atoms with Gasteiger partial charge >= 0.3 is 0 Å². The minimum absolute atomic E-state index is 0.424. The number of nitrogen functional groups attached to an aromatic ring is 1. The predicted molar refractivity (Wildman–Crippen MR) is 69.1 cm³/mol. The largest absolute Gasteiger partial charge is 0.490 e. The number of H-pyrrole nitrogens is 1. The van der Waals surface area contributed by atoms with Gasteiger partial charge in [0.2, 0.25) is 0 Å². The van der Waals surface area contributed by atoms with Gasteiger partial charge in [0.05, 0.1) is 23.9 Å². The smallest absolute Gasteiger partial charge is 0.180 e. The van der Waals surface area contributed by atoms with E-state index < -0.39 is 0 Å². The molecule has 94 valence electrons. The van der Waals surface area contributed by atoms with E-state index in [1.54, 1.807) is 6.07 Å². The van der Waals surface area contributed by atoms with Crippen molar-refractivity contribution < 1.29 is 9.47 Å². The monoisotopic (exact) mass is 265 g/mol. The fourth-order valence-electron chi connectivity index (χ4n) is 1.88. The zero-order chi connectivity index (χ0) is 12.5. The fraction of sp³-hybridized carbons (Fsp3) is 0.250. The van der Waals surface area contributed by atoms with Gasteiger partial charge in [-0.3, -0.25) is 5.10 Å². The molecule has 0 saturated carbocycles. The number of aromatic amines is 1. The van der Waals surface area contributed by atoms with Gasteiger partial charge in [0, 0.05) is 18.1 Å². The zero-order valence-electron chi connectivity index (χ0n) is 9.57. The normalized spacial score (nSPS) is 14.3. The summed E-state index contributed by atoms with van der Waals surface area (Å²) in [5.41, 5.74) is 7.14. The van der Waals surface area contributed by atoms with Gasteiger partial charge in [0.15, 0.2) is 11.5 Å². The lowest BCUT2D eigenvalue weighted by molar-refractivity contribution is 0.297. The van der Waals surface area contributed by atoms with Crippen LogP contribution in [0.25, 0.3) is 11.3 Å². The highest BCUT2D eigenvalue weighted by atomic mass is 35.5. The van der Waals surface area contributed by atoms with Crippen LogP contribution in [-0.2, 0) is 0 Å². The van der Waals surface area contributed by atoms with E-state index in [2.05, 4.69) is 10.2 Å². The zero-order valence-corrected chi connectivity index (χ0v) is 10.3. The quantitative estimate of drug-likeness (QED) is 0.831. The van der Waals surface area contributed by atoms with Crippen LogP contribution in [0.3, 0.4) is 0 Å². The number of hydrogen-bond donors (Lipinski definition) is 2. The first-order chi connectivity index (χ1) is 8.75. The van der Waals surface area contributed by atoms with Gasteiger partial charge in [0.1, 0.15) is 5.82 Å². The van der Waals surface area contributed by atoms with Gasteiger partial charge < -0.3 is 15.2 Å². The maximum Gasteiger partial charge on any atom is 0.180 e. The SMILES string of the molecule is Nc1cc(-c2ccc3c(c2Cl)OCCCO3)[nH]n1. The minimum atomic E-state index is 0.424. The molecule has 0 bridgehead atoms. The van der Waals surface area contributed by atoms with Gasteiger partial charge in [-0.15, -0.1) is 0 Å². The summed E-state index contributed by atoms with van der Waals surface area (Å²) in [6.45, 7) is 1.24. The lowest BCUT2D eigenvalue weighted by Gasteiger charge is -2.11. The molecule has 0 radical (unpaired) electrons. The van der Waals surface area contributed by atoms with E-state index in [4.69, 9.17) is 26.8 Å². The number of anilines is 1. The summed E-state index contributed by atoms with van der Waals surface area (Å²) >= 11 is 6.35. The topological polar surface area (TPSA) is 73.2 Å². The Bertz CT molecular complexity index is 583. The van der Waals surface area contributed by atoms with Crippen molar-refractivity contribution in [3.05, 3.63) is 23.2 Å². The number of ether oxygens (including phenoxy) is 2. The predicted octanol–water partition coefficient (Wildman–Crippen LogP) is 2.47. The molecule has 6 heteroatoms. The summed E-state index contributed by atoms with van der Waals surface area (Å²) in [7, 11) is 0. The van der Waals surface area contributed by atoms with Crippen molar-refractivity contribution in [1.29, 1.82) is 0 Å². The van der Waals surface area contributed by atoms with E-state index >= 15 is 0 Å². The van der Waals surface area contributed by atoms with Gasteiger partial charge in [-0.2, -0.15) is 5.10 Å². The van der Waals surface area contributed by atoms with E-state index in [1.165, 1.54) is 0 Å².